The van der Waals surface area contributed by atoms with Crippen LogP contribution in [0.2, 0.25) is 0 Å². The molecule has 25 heavy (non-hydrogen) atoms. The van der Waals surface area contributed by atoms with Crippen LogP contribution in [-0.4, -0.2) is 41.7 Å². The van der Waals surface area contributed by atoms with Crippen LogP contribution in [0, 0.1) is 16.0 Å². The van der Waals surface area contributed by atoms with Crippen molar-refractivity contribution in [2.45, 2.75) is 50.7 Å². The summed E-state index contributed by atoms with van der Waals surface area (Å²) in [6, 6.07) is 4.72. The smallest absolute Gasteiger partial charge is 0.293 e. The summed E-state index contributed by atoms with van der Waals surface area (Å²) in [5.41, 5.74) is 0.702. The van der Waals surface area contributed by atoms with Crippen LogP contribution < -0.4 is 10.2 Å². The lowest BCUT2D eigenvalue weighted by Gasteiger charge is -2.34. The Bertz CT molecular complexity index is 658. The van der Waals surface area contributed by atoms with Crippen molar-refractivity contribution in [3.63, 3.8) is 0 Å². The minimum Gasteiger partial charge on any atom is -0.391 e. The third-order valence-corrected chi connectivity index (χ3v) is 5.49. The van der Waals surface area contributed by atoms with E-state index in [9.17, 15) is 20.0 Å². The van der Waals surface area contributed by atoms with Crippen molar-refractivity contribution >= 4 is 17.3 Å². The minimum atomic E-state index is -0.467. The van der Waals surface area contributed by atoms with Gasteiger partial charge < -0.3 is 15.3 Å². The largest absolute Gasteiger partial charge is 0.391 e. The first kappa shape index (κ1) is 17.7. The van der Waals surface area contributed by atoms with Crippen LogP contribution in [-0.2, 0) is 0 Å². The normalized spacial score (nSPS) is 24.3. The molecule has 3 rings (SSSR count). The van der Waals surface area contributed by atoms with E-state index in [0.29, 0.717) is 24.6 Å². The molecule has 2 fully saturated rings. The molecule has 1 amide bonds. The fourth-order valence-corrected chi connectivity index (χ4v) is 4.28. The summed E-state index contributed by atoms with van der Waals surface area (Å²) >= 11 is 0. The lowest BCUT2D eigenvalue weighted by Crippen LogP contribution is -2.37. The van der Waals surface area contributed by atoms with E-state index in [4.69, 9.17) is 0 Å². The average Bonchev–Trinajstić information content (AvgIpc) is 3.02. The number of hydrogen-bond donors (Lipinski definition) is 2. The molecule has 1 heterocycles. The van der Waals surface area contributed by atoms with E-state index in [1.165, 1.54) is 32.4 Å². The van der Waals surface area contributed by atoms with Gasteiger partial charge in [-0.15, -0.1) is 0 Å². The van der Waals surface area contributed by atoms with E-state index in [-0.39, 0.29) is 23.2 Å². The Balaban J connectivity index is 1.95. The molecule has 7 nitrogen and oxygen atoms in total. The molecule has 0 radical (unpaired) electrons. The number of rotatable bonds is 4. The van der Waals surface area contributed by atoms with Crippen molar-refractivity contribution in [2.24, 2.45) is 5.92 Å². The summed E-state index contributed by atoms with van der Waals surface area (Å²) in [7, 11) is 1.50. The Kier molecular flexibility index (Phi) is 5.22. The van der Waals surface area contributed by atoms with Gasteiger partial charge in [-0.05, 0) is 37.3 Å². The molecule has 0 aromatic heterocycles. The zero-order valence-corrected chi connectivity index (χ0v) is 14.5. The van der Waals surface area contributed by atoms with Crippen molar-refractivity contribution in [1.82, 2.24) is 5.32 Å². The molecule has 2 N–H and O–H groups in total. The van der Waals surface area contributed by atoms with Crippen molar-refractivity contribution in [1.29, 1.82) is 0 Å². The number of aliphatic hydroxyl groups excluding tert-OH is 1. The molecule has 0 unspecified atom stereocenters. The number of carbonyl (C=O) groups excluding carboxylic acids is 1. The van der Waals surface area contributed by atoms with Gasteiger partial charge in [0.25, 0.3) is 11.6 Å². The lowest BCUT2D eigenvalue weighted by molar-refractivity contribution is -0.384. The number of nitro groups is 1. The van der Waals surface area contributed by atoms with Crippen LogP contribution in [0.3, 0.4) is 0 Å². The molecule has 2 aliphatic rings. The summed E-state index contributed by atoms with van der Waals surface area (Å²) in [4.78, 5) is 24.9. The van der Waals surface area contributed by atoms with Crippen molar-refractivity contribution in [3.8, 4) is 0 Å². The Hall–Kier alpha value is -2.15. The van der Waals surface area contributed by atoms with Crippen molar-refractivity contribution in [3.05, 3.63) is 33.9 Å². The van der Waals surface area contributed by atoms with E-state index in [1.54, 1.807) is 12.1 Å². The molecule has 1 aliphatic heterocycles. The van der Waals surface area contributed by atoms with Gasteiger partial charge in [0.2, 0.25) is 0 Å². The van der Waals surface area contributed by atoms with Gasteiger partial charge in [0.15, 0.2) is 0 Å². The Morgan fingerprint density at radius 2 is 2.04 bits per heavy atom. The zero-order chi connectivity index (χ0) is 18.0. The predicted octanol–water partition coefficient (Wildman–Crippen LogP) is 2.47. The van der Waals surface area contributed by atoms with Crippen molar-refractivity contribution in [2.75, 3.05) is 18.5 Å². The quantitative estimate of drug-likeness (QED) is 0.644. The van der Waals surface area contributed by atoms with Gasteiger partial charge in [-0.25, -0.2) is 0 Å². The number of nitrogens with zero attached hydrogens (tertiary/aromatic N) is 2. The van der Waals surface area contributed by atoms with Gasteiger partial charge in [-0.1, -0.05) is 19.3 Å². The molecular formula is C18H25N3O4. The average molecular weight is 347 g/mol. The summed E-state index contributed by atoms with van der Waals surface area (Å²) in [5.74, 6) is 0.115. The molecule has 1 saturated heterocycles. The standard InChI is InChI=1S/C18H25N3O4/c1-19-18(23)13-7-8-15(17(9-13)21(24)25)20-11-14(22)10-16(20)12-5-3-2-4-6-12/h7-9,12,14,16,22H,2-6,10-11H2,1H3,(H,19,23)/t14-,16+/m1/s1. The number of hydrogen-bond acceptors (Lipinski definition) is 5. The second-order valence-electron chi connectivity index (χ2n) is 7.05. The van der Waals surface area contributed by atoms with Crippen molar-refractivity contribution < 1.29 is 14.8 Å². The van der Waals surface area contributed by atoms with Gasteiger partial charge in [0.05, 0.1) is 11.0 Å². The fourth-order valence-electron chi connectivity index (χ4n) is 4.28. The van der Waals surface area contributed by atoms with E-state index in [0.717, 1.165) is 12.8 Å². The first-order valence-corrected chi connectivity index (χ1v) is 8.96. The number of amides is 1. The molecular weight excluding hydrogens is 322 g/mol. The molecule has 1 aromatic carbocycles. The third kappa shape index (κ3) is 3.61. The number of benzene rings is 1. The number of aliphatic hydroxyl groups is 1. The first-order valence-electron chi connectivity index (χ1n) is 8.96. The molecule has 136 valence electrons. The van der Waals surface area contributed by atoms with E-state index in [1.807, 2.05) is 4.90 Å². The van der Waals surface area contributed by atoms with Gasteiger partial charge in [0.1, 0.15) is 5.69 Å². The minimum absolute atomic E-state index is 0.0731. The Morgan fingerprint density at radius 3 is 2.68 bits per heavy atom. The molecule has 1 aliphatic carbocycles. The maximum absolute atomic E-state index is 11.8. The highest BCUT2D eigenvalue weighted by atomic mass is 16.6. The molecule has 0 spiro atoms. The number of carbonyl (C=O) groups is 1. The summed E-state index contributed by atoms with van der Waals surface area (Å²) < 4.78 is 0. The topological polar surface area (TPSA) is 95.7 Å². The molecule has 1 saturated carbocycles. The first-order chi connectivity index (χ1) is 12.0. The monoisotopic (exact) mass is 347 g/mol. The molecule has 7 heteroatoms. The molecule has 1 aromatic rings. The van der Waals surface area contributed by atoms with Gasteiger partial charge in [-0.3, -0.25) is 14.9 Å². The van der Waals surface area contributed by atoms with Crippen LogP contribution in [0.15, 0.2) is 18.2 Å². The maximum Gasteiger partial charge on any atom is 0.293 e. The van der Waals surface area contributed by atoms with Gasteiger partial charge in [0, 0.05) is 31.3 Å². The van der Waals surface area contributed by atoms with Gasteiger partial charge >= 0.3 is 0 Å². The van der Waals surface area contributed by atoms with Crippen LogP contribution in [0.4, 0.5) is 11.4 Å². The van der Waals surface area contributed by atoms with Crippen LogP contribution in [0.5, 0.6) is 0 Å². The Morgan fingerprint density at radius 1 is 1.32 bits per heavy atom. The molecule has 0 bridgehead atoms. The highest BCUT2D eigenvalue weighted by Crippen LogP contribution is 2.40. The summed E-state index contributed by atoms with van der Waals surface area (Å²) in [5, 5.41) is 24.3. The Labute approximate surface area is 147 Å². The SMILES string of the molecule is CNC(=O)c1ccc(N2C[C@H](O)C[C@H]2C2CCCCC2)c([N+](=O)[O-])c1. The van der Waals surface area contributed by atoms with E-state index in [2.05, 4.69) is 5.32 Å². The van der Waals surface area contributed by atoms with Crippen LogP contribution in [0.1, 0.15) is 48.9 Å². The maximum atomic E-state index is 11.8. The summed E-state index contributed by atoms with van der Waals surface area (Å²) in [6.07, 6.45) is 6.01. The van der Waals surface area contributed by atoms with Crippen LogP contribution in [0.25, 0.3) is 0 Å². The van der Waals surface area contributed by atoms with E-state index >= 15 is 0 Å². The summed E-state index contributed by atoms with van der Waals surface area (Å²) in [6.45, 7) is 0.404. The highest BCUT2D eigenvalue weighted by Gasteiger charge is 2.39. The lowest BCUT2D eigenvalue weighted by atomic mass is 9.82. The molecule has 2 atom stereocenters. The number of β-amino-alcohol motifs (C(OH)–C–C–N with tert-alkyl or cyclic N) is 1. The number of nitro benzene ring substituents is 1. The number of nitrogens with one attached hydrogen (secondary N) is 1. The third-order valence-electron chi connectivity index (χ3n) is 5.49. The predicted molar refractivity (Wildman–Crippen MR) is 94.8 cm³/mol. The van der Waals surface area contributed by atoms with E-state index < -0.39 is 11.0 Å². The second-order valence-corrected chi connectivity index (χ2v) is 7.05. The van der Waals surface area contributed by atoms with Gasteiger partial charge in [-0.2, -0.15) is 0 Å². The highest BCUT2D eigenvalue weighted by molar-refractivity contribution is 5.95. The van der Waals surface area contributed by atoms with Crippen LogP contribution >= 0.6 is 0 Å². The second kappa shape index (κ2) is 7.39. The fraction of sp³-hybridized carbons (Fsp3) is 0.611. The zero-order valence-electron chi connectivity index (χ0n) is 14.5. The number of anilines is 1.